The zero-order chi connectivity index (χ0) is 33.7. The summed E-state index contributed by atoms with van der Waals surface area (Å²) in [6, 6.07) is 5.59. The van der Waals surface area contributed by atoms with Crippen LogP contribution in [0.25, 0.3) is 22.1 Å². The van der Waals surface area contributed by atoms with Crippen molar-refractivity contribution >= 4 is 39.8 Å². The quantitative estimate of drug-likeness (QED) is 0.174. The molecule has 6 unspecified atom stereocenters. The van der Waals surface area contributed by atoms with Gasteiger partial charge in [-0.1, -0.05) is 38.2 Å². The van der Waals surface area contributed by atoms with E-state index in [0.29, 0.717) is 51.6 Å². The van der Waals surface area contributed by atoms with Gasteiger partial charge in [0.15, 0.2) is 6.10 Å². The maximum Gasteiger partial charge on any atom is 0.405 e. The molecule has 1 aliphatic rings. The van der Waals surface area contributed by atoms with Crippen molar-refractivity contribution in [1.29, 1.82) is 0 Å². The van der Waals surface area contributed by atoms with Crippen LogP contribution in [0.3, 0.4) is 0 Å². The second kappa shape index (κ2) is 14.8. The standard InChI is InChI=1S/C34H41FN4O7/c1-17-12-22-29-25(37-24-15-21(35)10-11-23(24)38-29)16-26(31(22)41)39-33(42)18(2)8-7-9-27(44-5)32(46-34(36)43)20(4)14-19(3)30(40)28(13-17)45-6/h7-11,14-17,19,27-28,30,32,40-41H,12-13H2,1-6H3,(H2,36,43)(H,39,42)/b9-7-,18-8-,20-14-. The van der Waals surface area contributed by atoms with E-state index in [4.69, 9.17) is 24.9 Å². The highest BCUT2D eigenvalue weighted by Gasteiger charge is 2.30. The first-order valence-corrected chi connectivity index (χ1v) is 15.0. The fourth-order valence-corrected chi connectivity index (χ4v) is 5.74. The van der Waals surface area contributed by atoms with Gasteiger partial charge in [-0.3, -0.25) is 4.79 Å². The molecule has 5 N–H and O–H groups in total. The maximum atomic E-state index is 14.0. The molecule has 46 heavy (non-hydrogen) atoms. The Bertz CT molecular complexity index is 1710. The molecule has 0 fully saturated rings. The molecular formula is C34H41FN4O7. The molecule has 0 aliphatic carbocycles. The van der Waals surface area contributed by atoms with Gasteiger partial charge in [0.05, 0.1) is 40.0 Å². The monoisotopic (exact) mass is 636 g/mol. The Hall–Kier alpha value is -4.39. The van der Waals surface area contributed by atoms with Gasteiger partial charge in [-0.25, -0.2) is 19.2 Å². The zero-order valence-electron chi connectivity index (χ0n) is 26.8. The van der Waals surface area contributed by atoms with Crippen molar-refractivity contribution in [3.8, 4) is 5.75 Å². The van der Waals surface area contributed by atoms with Gasteiger partial charge in [0.2, 0.25) is 0 Å². The number of carbonyl (C=O) groups is 2. The van der Waals surface area contributed by atoms with Gasteiger partial charge >= 0.3 is 6.09 Å². The fraction of sp³-hybridized carbons (Fsp3) is 0.412. The summed E-state index contributed by atoms with van der Waals surface area (Å²) in [6.45, 7) is 7.11. The van der Waals surface area contributed by atoms with Crippen LogP contribution in [0.2, 0.25) is 0 Å². The van der Waals surface area contributed by atoms with Crippen molar-refractivity contribution < 1.29 is 38.4 Å². The number of hydrogen-bond donors (Lipinski definition) is 4. The molecule has 0 radical (unpaired) electrons. The summed E-state index contributed by atoms with van der Waals surface area (Å²) >= 11 is 0. The van der Waals surface area contributed by atoms with Gasteiger partial charge in [-0.15, -0.1) is 0 Å². The topological polar surface area (TPSA) is 166 Å². The summed E-state index contributed by atoms with van der Waals surface area (Å²) in [7, 11) is 2.96. The Kier molecular flexibility index (Phi) is 11.1. The predicted octanol–water partition coefficient (Wildman–Crippen LogP) is 5.09. The average molecular weight is 637 g/mol. The van der Waals surface area contributed by atoms with Crippen molar-refractivity contribution in [3.05, 3.63) is 71.1 Å². The van der Waals surface area contributed by atoms with Crippen LogP contribution in [0.5, 0.6) is 5.75 Å². The highest BCUT2D eigenvalue weighted by molar-refractivity contribution is 6.06. The number of phenols is 1. The van der Waals surface area contributed by atoms with Gasteiger partial charge in [0.1, 0.15) is 17.7 Å². The smallest absolute Gasteiger partial charge is 0.405 e. The zero-order valence-corrected chi connectivity index (χ0v) is 26.8. The number of aliphatic hydroxyl groups excluding tert-OH is 1. The number of nitrogens with zero attached hydrogens (tertiary/aromatic N) is 2. The number of amides is 2. The van der Waals surface area contributed by atoms with Gasteiger partial charge in [0, 0.05) is 37.3 Å². The van der Waals surface area contributed by atoms with E-state index in [-0.39, 0.29) is 17.4 Å². The molecule has 0 saturated carbocycles. The van der Waals surface area contributed by atoms with E-state index in [1.807, 2.05) is 13.8 Å². The summed E-state index contributed by atoms with van der Waals surface area (Å²) in [5.74, 6) is -1.72. The Labute approximate surface area is 266 Å². The summed E-state index contributed by atoms with van der Waals surface area (Å²) in [5, 5.41) is 25.6. The van der Waals surface area contributed by atoms with Crippen LogP contribution in [0.4, 0.5) is 14.9 Å². The lowest BCUT2D eigenvalue weighted by atomic mass is 9.87. The minimum absolute atomic E-state index is 0.112. The summed E-state index contributed by atoms with van der Waals surface area (Å²) < 4.78 is 30.7. The van der Waals surface area contributed by atoms with Crippen molar-refractivity contribution in [3.63, 3.8) is 0 Å². The van der Waals surface area contributed by atoms with Crippen LogP contribution < -0.4 is 11.1 Å². The minimum atomic E-state index is -0.995. The highest BCUT2D eigenvalue weighted by atomic mass is 19.1. The van der Waals surface area contributed by atoms with Crippen LogP contribution in [-0.2, 0) is 25.4 Å². The van der Waals surface area contributed by atoms with Gasteiger partial charge in [-0.05, 0) is 56.4 Å². The fourth-order valence-electron chi connectivity index (χ4n) is 5.74. The maximum absolute atomic E-state index is 14.0. The number of ether oxygens (including phenoxy) is 3. The number of aromatic nitrogens is 2. The van der Waals surface area contributed by atoms with Gasteiger partial charge in [-0.2, -0.15) is 0 Å². The number of methoxy groups -OCH3 is 2. The third-order valence-electron chi connectivity index (χ3n) is 8.21. The van der Waals surface area contributed by atoms with E-state index in [0.717, 1.165) is 0 Å². The molecule has 12 heteroatoms. The lowest BCUT2D eigenvalue weighted by Gasteiger charge is -2.29. The van der Waals surface area contributed by atoms with E-state index in [2.05, 4.69) is 10.3 Å². The molecule has 246 valence electrons. The van der Waals surface area contributed by atoms with Crippen LogP contribution >= 0.6 is 0 Å². The molecule has 2 aromatic carbocycles. The number of fused-ring (bicyclic) bond motifs is 5. The Balaban J connectivity index is 1.86. The van der Waals surface area contributed by atoms with Crippen LogP contribution in [0, 0.1) is 17.7 Å². The van der Waals surface area contributed by atoms with E-state index in [1.165, 1.54) is 38.5 Å². The molecule has 2 amide bonds. The minimum Gasteiger partial charge on any atom is -0.505 e. The molecular weight excluding hydrogens is 595 g/mol. The van der Waals surface area contributed by atoms with Crippen molar-refractivity contribution in [1.82, 2.24) is 9.97 Å². The molecule has 1 aliphatic heterocycles. The first-order valence-electron chi connectivity index (χ1n) is 15.0. The molecule has 0 spiro atoms. The number of aliphatic hydroxyl groups is 1. The third-order valence-corrected chi connectivity index (χ3v) is 8.21. The number of hydrogen-bond acceptors (Lipinski definition) is 9. The Morgan fingerprint density at radius 2 is 1.83 bits per heavy atom. The Morgan fingerprint density at radius 1 is 1.09 bits per heavy atom. The van der Waals surface area contributed by atoms with Crippen molar-refractivity contribution in [2.45, 2.75) is 65.0 Å². The number of rotatable bonds is 3. The molecule has 3 aromatic rings. The van der Waals surface area contributed by atoms with Crippen LogP contribution in [0.1, 0.15) is 39.7 Å². The summed E-state index contributed by atoms with van der Waals surface area (Å²) in [6.07, 6.45) is 2.98. The number of benzene rings is 2. The van der Waals surface area contributed by atoms with E-state index < -0.39 is 48.2 Å². The van der Waals surface area contributed by atoms with Gasteiger partial charge < -0.3 is 35.5 Å². The van der Waals surface area contributed by atoms with Crippen LogP contribution in [0.15, 0.2) is 59.7 Å². The number of allylic oxidation sites excluding steroid dienone is 2. The predicted molar refractivity (Wildman–Crippen MR) is 173 cm³/mol. The number of carbonyl (C=O) groups excluding carboxylic acids is 2. The third kappa shape index (κ3) is 7.87. The second-order valence-electron chi connectivity index (χ2n) is 11.8. The van der Waals surface area contributed by atoms with E-state index >= 15 is 0 Å². The van der Waals surface area contributed by atoms with E-state index in [9.17, 15) is 24.2 Å². The molecule has 0 saturated heterocycles. The number of halogens is 1. The largest absolute Gasteiger partial charge is 0.505 e. The highest BCUT2D eigenvalue weighted by Crippen LogP contribution is 2.37. The first-order chi connectivity index (χ1) is 21.8. The number of anilines is 1. The average Bonchev–Trinajstić information content (AvgIpc) is 3.01. The molecule has 11 nitrogen and oxygen atoms in total. The van der Waals surface area contributed by atoms with Crippen LogP contribution in [-0.4, -0.2) is 70.8 Å². The molecule has 6 atom stereocenters. The number of phenolic OH excluding ortho intramolecular Hbond substituents is 1. The Morgan fingerprint density at radius 3 is 2.50 bits per heavy atom. The second-order valence-corrected chi connectivity index (χ2v) is 11.8. The SMILES string of the molecule is COC1/C=C\C=C(\C)C(=O)Nc2cc3nc4cc(F)ccc4nc3c(c2O)CC(C)CC(OC)C(O)C(C)/C=C(/C)C1OC(N)=O. The van der Waals surface area contributed by atoms with Gasteiger partial charge in [0.25, 0.3) is 5.91 Å². The van der Waals surface area contributed by atoms with Crippen molar-refractivity contribution in [2.75, 3.05) is 19.5 Å². The molecule has 2 bridgehead atoms. The normalized spacial score (nSPS) is 28.1. The van der Waals surface area contributed by atoms with E-state index in [1.54, 1.807) is 38.2 Å². The molecule has 4 rings (SSSR count). The number of aromatic hydroxyl groups is 1. The number of nitrogens with one attached hydrogen (secondary N) is 1. The molecule has 2 heterocycles. The number of nitrogens with two attached hydrogens (primary N) is 1. The summed E-state index contributed by atoms with van der Waals surface area (Å²) in [4.78, 5) is 34.4. The lowest BCUT2D eigenvalue weighted by molar-refractivity contribution is -0.112. The first kappa shape index (κ1) is 34.5. The number of primary amides is 1. The molecule has 1 aromatic heterocycles. The van der Waals surface area contributed by atoms with Crippen molar-refractivity contribution in [2.24, 2.45) is 17.6 Å². The summed E-state index contributed by atoms with van der Waals surface area (Å²) in [5.41, 5.74) is 8.37. The lowest BCUT2D eigenvalue weighted by Crippen LogP contribution is -2.37.